The third-order valence-electron chi connectivity index (χ3n) is 8.68. The molecule has 2 aromatic rings. The van der Waals surface area contributed by atoms with Gasteiger partial charge in [-0.05, 0) is 70.6 Å². The van der Waals surface area contributed by atoms with E-state index in [-0.39, 0.29) is 17.9 Å². The lowest BCUT2D eigenvalue weighted by Gasteiger charge is -2.33. The van der Waals surface area contributed by atoms with Gasteiger partial charge in [0.1, 0.15) is 29.8 Å². The maximum absolute atomic E-state index is 12.9. The first-order valence-electron chi connectivity index (χ1n) is 17.6. The molecule has 2 aliphatic heterocycles. The van der Waals surface area contributed by atoms with Gasteiger partial charge in [0.15, 0.2) is 0 Å². The number of anilines is 3. The van der Waals surface area contributed by atoms with Crippen molar-refractivity contribution >= 4 is 58.8 Å². The van der Waals surface area contributed by atoms with Crippen LogP contribution in [0.15, 0.2) is 30.1 Å². The molecule has 2 amide bonds. The van der Waals surface area contributed by atoms with Gasteiger partial charge in [-0.1, -0.05) is 24.4 Å². The second-order valence-electron chi connectivity index (χ2n) is 13.2. The van der Waals surface area contributed by atoms with Crippen molar-refractivity contribution in [3.05, 3.63) is 40.7 Å². The minimum atomic E-state index is -5.08. The van der Waals surface area contributed by atoms with Crippen molar-refractivity contribution in [1.82, 2.24) is 25.1 Å². The average Bonchev–Trinajstić information content (AvgIpc) is 3.57. The number of rotatable bonds is 10. The van der Waals surface area contributed by atoms with Crippen LogP contribution in [-0.4, -0.2) is 119 Å². The lowest BCUT2D eigenvalue weighted by atomic mass is 10.0. The highest BCUT2D eigenvalue weighted by molar-refractivity contribution is 6.32. The van der Waals surface area contributed by atoms with Crippen molar-refractivity contribution < 1.29 is 60.5 Å². The molecule has 1 aliphatic carbocycles. The van der Waals surface area contributed by atoms with Gasteiger partial charge in [0.2, 0.25) is 11.8 Å². The lowest BCUT2D eigenvalue weighted by molar-refractivity contribution is -0.193. The summed E-state index contributed by atoms with van der Waals surface area (Å²) in [6, 6.07) is 5.58. The van der Waals surface area contributed by atoms with Gasteiger partial charge in [-0.2, -0.15) is 26.3 Å². The number of piperidine rings is 1. The van der Waals surface area contributed by atoms with Crippen molar-refractivity contribution in [1.29, 1.82) is 0 Å². The van der Waals surface area contributed by atoms with Gasteiger partial charge in [0, 0.05) is 56.2 Å². The van der Waals surface area contributed by atoms with Gasteiger partial charge in [0.25, 0.3) is 0 Å². The minimum Gasteiger partial charge on any atom is -0.489 e. The summed E-state index contributed by atoms with van der Waals surface area (Å²) in [7, 11) is 4.04. The number of benzene rings is 1. The number of amides is 2. The highest BCUT2D eigenvalue weighted by Crippen LogP contribution is 2.34. The molecule has 56 heavy (non-hydrogen) atoms. The Bertz CT molecular complexity index is 1670. The molecular formula is C35H44ClF6N7O7. The van der Waals surface area contributed by atoms with E-state index in [4.69, 9.17) is 36.1 Å². The monoisotopic (exact) mass is 823 g/mol. The molecule has 310 valence electrons. The molecule has 0 bridgehead atoms. The SMILES string of the molecule is CN(C)CCCNC(=O)C1=Cc2c(ncnc2Nc2ccc(OC3CCN(C(=O)C4CCCC4)CC3)c(Cl)c2)NCC1.O=C(O)C(F)(F)F.O=C(O)C(F)(F)F. The fourth-order valence-corrected chi connectivity index (χ4v) is 6.07. The number of hydrogen-bond acceptors (Lipinski definition) is 10. The number of ether oxygens (including phenoxy) is 1. The number of halogens is 7. The van der Waals surface area contributed by atoms with Crippen LogP contribution in [0.3, 0.4) is 0 Å². The highest BCUT2D eigenvalue weighted by atomic mass is 35.5. The molecule has 2 fully saturated rings. The normalized spacial score (nSPS) is 16.1. The summed E-state index contributed by atoms with van der Waals surface area (Å²) in [5.41, 5.74) is 2.16. The number of aromatic nitrogens is 2. The van der Waals surface area contributed by atoms with Gasteiger partial charge in [-0.3, -0.25) is 9.59 Å². The lowest BCUT2D eigenvalue weighted by Crippen LogP contribution is -2.44. The first-order chi connectivity index (χ1) is 26.3. The van der Waals surface area contributed by atoms with E-state index >= 15 is 0 Å². The van der Waals surface area contributed by atoms with Crippen LogP contribution in [0.4, 0.5) is 43.7 Å². The number of carbonyl (C=O) groups is 4. The number of likely N-dealkylation sites (tertiary alicyclic amines) is 1. The van der Waals surface area contributed by atoms with E-state index in [1.165, 1.54) is 19.2 Å². The van der Waals surface area contributed by atoms with Crippen LogP contribution in [-0.2, 0) is 19.2 Å². The topological polar surface area (TPSA) is 186 Å². The van der Waals surface area contributed by atoms with Crippen molar-refractivity contribution in [3.63, 3.8) is 0 Å². The van der Waals surface area contributed by atoms with Crippen LogP contribution in [0, 0.1) is 5.92 Å². The molecule has 0 radical (unpaired) electrons. The van der Waals surface area contributed by atoms with Crippen molar-refractivity contribution in [3.8, 4) is 5.75 Å². The summed E-state index contributed by atoms with van der Waals surface area (Å²) in [5, 5.41) is 24.4. The number of nitrogens with one attached hydrogen (secondary N) is 3. The van der Waals surface area contributed by atoms with Crippen LogP contribution in [0.25, 0.3) is 6.08 Å². The van der Waals surface area contributed by atoms with Crippen LogP contribution >= 0.6 is 11.6 Å². The molecule has 3 heterocycles. The molecular weight excluding hydrogens is 780 g/mol. The fraction of sp³-hybridized carbons (Fsp3) is 0.543. The highest BCUT2D eigenvalue weighted by Gasteiger charge is 2.39. The number of nitrogens with zero attached hydrogens (tertiary/aromatic N) is 4. The average molecular weight is 824 g/mol. The first-order valence-corrected chi connectivity index (χ1v) is 18.0. The molecule has 3 aliphatic rings. The first kappa shape index (κ1) is 45.5. The fourth-order valence-electron chi connectivity index (χ4n) is 5.84. The van der Waals surface area contributed by atoms with Gasteiger partial charge in [-0.15, -0.1) is 0 Å². The molecule has 0 unspecified atom stereocenters. The molecule has 14 nitrogen and oxygen atoms in total. The Labute approximate surface area is 323 Å². The third kappa shape index (κ3) is 14.7. The number of alkyl halides is 6. The summed E-state index contributed by atoms with van der Waals surface area (Å²) in [4.78, 5) is 56.4. The van der Waals surface area contributed by atoms with E-state index in [9.17, 15) is 35.9 Å². The molecule has 0 atom stereocenters. The molecule has 5 rings (SSSR count). The Morgan fingerprint density at radius 1 is 0.982 bits per heavy atom. The second-order valence-corrected chi connectivity index (χ2v) is 13.7. The van der Waals surface area contributed by atoms with Gasteiger partial charge in [0.05, 0.1) is 10.6 Å². The van der Waals surface area contributed by atoms with E-state index < -0.39 is 24.3 Å². The Morgan fingerprint density at radius 2 is 1.59 bits per heavy atom. The molecule has 21 heteroatoms. The zero-order valence-corrected chi connectivity index (χ0v) is 31.4. The van der Waals surface area contributed by atoms with E-state index in [1.807, 2.05) is 43.3 Å². The zero-order chi connectivity index (χ0) is 41.6. The molecule has 0 spiro atoms. The Morgan fingerprint density at radius 3 is 2.14 bits per heavy atom. The van der Waals surface area contributed by atoms with E-state index in [1.54, 1.807) is 0 Å². The quantitative estimate of drug-likeness (QED) is 0.140. The van der Waals surface area contributed by atoms with Crippen LogP contribution in [0.2, 0.25) is 5.02 Å². The van der Waals surface area contributed by atoms with Gasteiger partial charge in [-0.25, -0.2) is 19.6 Å². The van der Waals surface area contributed by atoms with E-state index in [0.29, 0.717) is 53.4 Å². The van der Waals surface area contributed by atoms with Crippen LogP contribution in [0.5, 0.6) is 5.75 Å². The zero-order valence-electron chi connectivity index (χ0n) is 30.6. The number of fused-ring (bicyclic) bond motifs is 1. The Balaban J connectivity index is 0.000000512. The van der Waals surface area contributed by atoms with Crippen molar-refractivity contribution in [2.75, 3.05) is 57.5 Å². The van der Waals surface area contributed by atoms with Crippen molar-refractivity contribution in [2.24, 2.45) is 5.92 Å². The maximum Gasteiger partial charge on any atom is 0.490 e. The summed E-state index contributed by atoms with van der Waals surface area (Å²) in [5.74, 6) is -3.17. The molecule has 1 saturated heterocycles. The third-order valence-corrected chi connectivity index (χ3v) is 8.98. The number of hydrogen-bond donors (Lipinski definition) is 5. The minimum absolute atomic E-state index is 0.0234. The summed E-state index contributed by atoms with van der Waals surface area (Å²) in [6.45, 7) is 3.60. The smallest absolute Gasteiger partial charge is 0.489 e. The van der Waals surface area contributed by atoms with E-state index in [0.717, 1.165) is 63.0 Å². The predicted octanol–water partition coefficient (Wildman–Crippen LogP) is 5.97. The number of carboxylic acid groups (broad SMARTS) is 2. The standard InChI is InChI=1S/C31H42ClN7O3.2C2HF3O2/c1-38(2)15-5-13-34-30(40)22-10-14-33-28-25(18-22)29(36-20-35-28)37-23-8-9-27(26(32)19-23)42-24-11-16-39(17-12-24)31(41)21-6-3-4-7-21;2*3-2(4,5)1(6)7/h8-9,18-21,24H,3-7,10-17H2,1-2H3,(H,34,40)(H2,33,35,36,37);2*(H,6,7). The molecule has 1 aromatic carbocycles. The largest absolute Gasteiger partial charge is 0.490 e. The van der Waals surface area contributed by atoms with Crippen molar-refractivity contribution in [2.45, 2.75) is 69.8 Å². The van der Waals surface area contributed by atoms with Crippen LogP contribution < -0.4 is 20.7 Å². The van der Waals surface area contributed by atoms with Gasteiger partial charge < -0.3 is 40.7 Å². The molecule has 1 aromatic heterocycles. The van der Waals surface area contributed by atoms with Crippen LogP contribution in [0.1, 0.15) is 56.9 Å². The Hall–Kier alpha value is -4.85. The molecule has 5 N–H and O–H groups in total. The summed E-state index contributed by atoms with van der Waals surface area (Å²) in [6.07, 6.45) is 0.684. The maximum atomic E-state index is 12.9. The summed E-state index contributed by atoms with van der Waals surface area (Å²) < 4.78 is 69.7. The van der Waals surface area contributed by atoms with Gasteiger partial charge >= 0.3 is 24.3 Å². The predicted molar refractivity (Wildman–Crippen MR) is 194 cm³/mol. The second kappa shape index (κ2) is 20.9. The number of carboxylic acids is 2. The Kier molecular flexibility index (Phi) is 17.0. The van der Waals surface area contributed by atoms with E-state index in [2.05, 4.69) is 30.8 Å². The molecule has 1 saturated carbocycles. The summed E-state index contributed by atoms with van der Waals surface area (Å²) >= 11 is 6.65. The number of aliphatic carboxylic acids is 2. The number of carbonyl (C=O) groups excluding carboxylic acids is 2.